The number of aliphatic hydroxyl groups excluding tert-OH is 1. The first-order chi connectivity index (χ1) is 8.85. The van der Waals surface area contributed by atoms with Crippen molar-refractivity contribution in [2.24, 2.45) is 5.41 Å². The summed E-state index contributed by atoms with van der Waals surface area (Å²) in [4.78, 5) is 4.02. The maximum atomic E-state index is 9.61. The van der Waals surface area contributed by atoms with E-state index < -0.39 is 0 Å². The van der Waals surface area contributed by atoms with E-state index in [9.17, 15) is 5.11 Å². The van der Waals surface area contributed by atoms with E-state index >= 15 is 0 Å². The molecule has 0 atom stereocenters. The van der Waals surface area contributed by atoms with Crippen LogP contribution in [0.15, 0.2) is 24.5 Å². The van der Waals surface area contributed by atoms with Gasteiger partial charge in [-0.2, -0.15) is 0 Å². The first-order valence-corrected chi connectivity index (χ1v) is 7.05. The van der Waals surface area contributed by atoms with Crippen LogP contribution in [-0.4, -0.2) is 29.8 Å². The van der Waals surface area contributed by atoms with Crippen LogP contribution in [0.4, 0.5) is 0 Å². The molecular weight excluding hydrogens is 224 g/mol. The number of aliphatic hydroxyl groups is 1. The monoisotopic (exact) mass is 248 g/mol. The molecule has 1 saturated carbocycles. The fourth-order valence-electron chi connectivity index (χ4n) is 2.83. The normalized spacial score (nSPS) is 18.7. The standard InChI is InChI=1S/C15H24N2O/c18-13-15(7-2-1-3-8-15)12-17-11-6-14-4-9-16-10-5-14/h4-5,9-10,17-18H,1-3,6-8,11-13H2. The van der Waals surface area contributed by atoms with E-state index in [0.29, 0.717) is 6.61 Å². The highest BCUT2D eigenvalue weighted by atomic mass is 16.3. The van der Waals surface area contributed by atoms with Gasteiger partial charge in [-0.05, 0) is 43.5 Å². The lowest BCUT2D eigenvalue weighted by Gasteiger charge is -2.35. The smallest absolute Gasteiger partial charge is 0.0499 e. The molecule has 0 saturated heterocycles. The highest BCUT2D eigenvalue weighted by Gasteiger charge is 2.30. The van der Waals surface area contributed by atoms with Crippen LogP contribution in [0, 0.1) is 5.41 Å². The van der Waals surface area contributed by atoms with Crippen LogP contribution in [0.5, 0.6) is 0 Å². The Kier molecular flexibility index (Phi) is 5.14. The molecule has 2 N–H and O–H groups in total. The summed E-state index contributed by atoms with van der Waals surface area (Å²) in [6, 6.07) is 4.12. The van der Waals surface area contributed by atoms with Crippen molar-refractivity contribution in [1.82, 2.24) is 10.3 Å². The quantitative estimate of drug-likeness (QED) is 0.758. The van der Waals surface area contributed by atoms with Crippen molar-refractivity contribution in [3.8, 4) is 0 Å². The molecule has 2 rings (SSSR count). The maximum absolute atomic E-state index is 9.61. The van der Waals surface area contributed by atoms with E-state index in [1.807, 2.05) is 12.4 Å². The summed E-state index contributed by atoms with van der Waals surface area (Å²) in [5.74, 6) is 0. The number of hydrogen-bond acceptors (Lipinski definition) is 3. The van der Waals surface area contributed by atoms with Gasteiger partial charge in [-0.25, -0.2) is 0 Å². The molecule has 0 spiro atoms. The van der Waals surface area contributed by atoms with Gasteiger partial charge in [-0.3, -0.25) is 4.98 Å². The molecule has 1 aliphatic carbocycles. The molecule has 0 aliphatic heterocycles. The number of aromatic nitrogens is 1. The van der Waals surface area contributed by atoms with Gasteiger partial charge in [0.05, 0.1) is 0 Å². The van der Waals surface area contributed by atoms with Gasteiger partial charge in [-0.15, -0.1) is 0 Å². The fourth-order valence-corrected chi connectivity index (χ4v) is 2.83. The van der Waals surface area contributed by atoms with Gasteiger partial charge >= 0.3 is 0 Å². The Morgan fingerprint density at radius 3 is 2.56 bits per heavy atom. The van der Waals surface area contributed by atoms with Crippen molar-refractivity contribution in [3.05, 3.63) is 30.1 Å². The van der Waals surface area contributed by atoms with Crippen molar-refractivity contribution in [3.63, 3.8) is 0 Å². The van der Waals surface area contributed by atoms with Crippen LogP contribution < -0.4 is 5.32 Å². The molecule has 0 amide bonds. The topological polar surface area (TPSA) is 45.1 Å². The van der Waals surface area contributed by atoms with Crippen molar-refractivity contribution in [2.75, 3.05) is 19.7 Å². The minimum atomic E-state index is 0.149. The first kappa shape index (κ1) is 13.5. The summed E-state index contributed by atoms with van der Waals surface area (Å²) in [5.41, 5.74) is 1.47. The van der Waals surface area contributed by atoms with Crippen molar-refractivity contribution in [1.29, 1.82) is 0 Å². The Labute approximate surface area is 110 Å². The van der Waals surface area contributed by atoms with Crippen LogP contribution >= 0.6 is 0 Å². The molecule has 0 bridgehead atoms. The third kappa shape index (κ3) is 3.79. The van der Waals surface area contributed by atoms with Crippen LogP contribution in [0.3, 0.4) is 0 Å². The van der Waals surface area contributed by atoms with E-state index in [0.717, 1.165) is 19.5 Å². The zero-order valence-corrected chi connectivity index (χ0v) is 11.1. The predicted octanol–water partition coefficient (Wildman–Crippen LogP) is 2.16. The molecule has 1 aromatic heterocycles. The van der Waals surface area contributed by atoms with E-state index in [1.165, 1.54) is 37.7 Å². The van der Waals surface area contributed by atoms with Gasteiger partial charge in [-0.1, -0.05) is 19.3 Å². The molecule has 1 aromatic rings. The Morgan fingerprint density at radius 2 is 1.89 bits per heavy atom. The van der Waals surface area contributed by atoms with Gasteiger partial charge in [0, 0.05) is 31.0 Å². The Morgan fingerprint density at radius 1 is 1.17 bits per heavy atom. The lowest BCUT2D eigenvalue weighted by molar-refractivity contribution is 0.0816. The number of nitrogens with one attached hydrogen (secondary N) is 1. The summed E-state index contributed by atoms with van der Waals surface area (Å²) in [6.45, 7) is 2.26. The molecular formula is C15H24N2O. The number of nitrogens with zero attached hydrogens (tertiary/aromatic N) is 1. The Hall–Kier alpha value is -0.930. The number of hydrogen-bond donors (Lipinski definition) is 2. The lowest BCUT2D eigenvalue weighted by Crippen LogP contribution is -2.39. The summed E-state index contributed by atoms with van der Waals surface area (Å²) >= 11 is 0. The summed E-state index contributed by atoms with van der Waals surface area (Å²) in [7, 11) is 0. The van der Waals surface area contributed by atoms with Gasteiger partial charge in [0.15, 0.2) is 0 Å². The van der Waals surface area contributed by atoms with Crippen molar-refractivity contribution >= 4 is 0 Å². The van der Waals surface area contributed by atoms with Crippen LogP contribution in [0.25, 0.3) is 0 Å². The number of rotatable bonds is 6. The zero-order chi connectivity index (χ0) is 12.7. The summed E-state index contributed by atoms with van der Waals surface area (Å²) in [6.07, 6.45) is 10.9. The molecule has 1 fully saturated rings. The predicted molar refractivity (Wildman–Crippen MR) is 73.4 cm³/mol. The average molecular weight is 248 g/mol. The highest BCUT2D eigenvalue weighted by Crippen LogP contribution is 2.35. The molecule has 0 aromatic carbocycles. The third-order valence-corrected chi connectivity index (χ3v) is 4.09. The second kappa shape index (κ2) is 6.86. The first-order valence-electron chi connectivity index (χ1n) is 7.05. The van der Waals surface area contributed by atoms with Crippen LogP contribution in [-0.2, 0) is 6.42 Å². The van der Waals surface area contributed by atoms with Gasteiger partial charge in [0.25, 0.3) is 0 Å². The van der Waals surface area contributed by atoms with Gasteiger partial charge in [0.1, 0.15) is 0 Å². The largest absolute Gasteiger partial charge is 0.396 e. The van der Waals surface area contributed by atoms with E-state index in [-0.39, 0.29) is 5.41 Å². The highest BCUT2D eigenvalue weighted by molar-refractivity contribution is 5.09. The molecule has 100 valence electrons. The minimum Gasteiger partial charge on any atom is -0.396 e. The molecule has 0 radical (unpaired) electrons. The number of pyridine rings is 1. The van der Waals surface area contributed by atoms with Crippen LogP contribution in [0.1, 0.15) is 37.7 Å². The average Bonchev–Trinajstić information content (AvgIpc) is 2.46. The molecule has 1 aliphatic rings. The van der Waals surface area contributed by atoms with E-state index in [4.69, 9.17) is 0 Å². The SMILES string of the molecule is OCC1(CNCCc2ccncc2)CCCCC1. The molecule has 3 nitrogen and oxygen atoms in total. The second-order valence-corrected chi connectivity index (χ2v) is 5.50. The Bertz CT molecular complexity index is 334. The fraction of sp³-hybridized carbons (Fsp3) is 0.667. The minimum absolute atomic E-state index is 0.149. The van der Waals surface area contributed by atoms with Crippen molar-refractivity contribution < 1.29 is 5.11 Å². The summed E-state index contributed by atoms with van der Waals surface area (Å²) < 4.78 is 0. The van der Waals surface area contributed by atoms with E-state index in [1.54, 1.807) is 0 Å². The summed E-state index contributed by atoms with van der Waals surface area (Å²) in [5, 5.41) is 13.1. The van der Waals surface area contributed by atoms with Crippen molar-refractivity contribution in [2.45, 2.75) is 38.5 Å². The molecule has 1 heterocycles. The van der Waals surface area contributed by atoms with Crippen LogP contribution in [0.2, 0.25) is 0 Å². The molecule has 3 heteroatoms. The van der Waals surface area contributed by atoms with Gasteiger partial charge in [0.2, 0.25) is 0 Å². The van der Waals surface area contributed by atoms with E-state index in [2.05, 4.69) is 22.4 Å². The molecule has 0 unspecified atom stereocenters. The lowest BCUT2D eigenvalue weighted by atomic mass is 9.74. The second-order valence-electron chi connectivity index (χ2n) is 5.50. The zero-order valence-electron chi connectivity index (χ0n) is 11.1. The third-order valence-electron chi connectivity index (χ3n) is 4.09. The molecule has 18 heavy (non-hydrogen) atoms. The van der Waals surface area contributed by atoms with Gasteiger partial charge < -0.3 is 10.4 Å². The maximum Gasteiger partial charge on any atom is 0.0499 e. The Balaban J connectivity index is 1.71.